The second kappa shape index (κ2) is 16.8. The molecule has 0 bridgehead atoms. The van der Waals surface area contributed by atoms with Crippen molar-refractivity contribution >= 4 is 29.6 Å². The van der Waals surface area contributed by atoms with Crippen LogP contribution < -0.4 is 33.2 Å². The highest BCUT2D eigenvalue weighted by atomic mass is 16.4. The fourth-order valence-corrected chi connectivity index (χ4v) is 3.38. The van der Waals surface area contributed by atoms with Crippen LogP contribution in [0.2, 0.25) is 0 Å². The van der Waals surface area contributed by atoms with Gasteiger partial charge in [-0.2, -0.15) is 0 Å². The molecule has 5 atom stereocenters. The summed E-state index contributed by atoms with van der Waals surface area (Å²) >= 11 is 0. The first-order valence-corrected chi connectivity index (χ1v) is 12.2. The number of carbonyl (C=O) groups is 5. The molecule has 35 heavy (non-hydrogen) atoms. The monoisotopic (exact) mass is 500 g/mol. The van der Waals surface area contributed by atoms with Gasteiger partial charge >= 0.3 is 5.97 Å². The van der Waals surface area contributed by atoms with E-state index in [-0.39, 0.29) is 24.7 Å². The molecule has 0 radical (unpaired) electrons. The van der Waals surface area contributed by atoms with E-state index in [0.29, 0.717) is 32.2 Å². The second-order valence-electron chi connectivity index (χ2n) is 9.36. The minimum absolute atomic E-state index is 0.0561. The second-order valence-corrected chi connectivity index (χ2v) is 9.36. The van der Waals surface area contributed by atoms with E-state index in [2.05, 4.69) is 16.0 Å². The maximum Gasteiger partial charge on any atom is 0.326 e. The van der Waals surface area contributed by atoms with Crippen LogP contribution in [0.3, 0.4) is 0 Å². The average Bonchev–Trinajstić information content (AvgIpc) is 2.78. The lowest BCUT2D eigenvalue weighted by Gasteiger charge is -2.28. The van der Waals surface area contributed by atoms with E-state index in [1.165, 1.54) is 0 Å². The number of hydrogen-bond acceptors (Lipinski definition) is 7. The van der Waals surface area contributed by atoms with Crippen LogP contribution in [0.1, 0.15) is 72.6 Å². The Morgan fingerprint density at radius 3 is 1.94 bits per heavy atom. The third kappa shape index (κ3) is 13.1. The maximum absolute atomic E-state index is 13.1. The summed E-state index contributed by atoms with van der Waals surface area (Å²) in [5, 5.41) is 17.1. The summed E-state index contributed by atoms with van der Waals surface area (Å²) < 4.78 is 0. The first kappa shape index (κ1) is 32.3. The van der Waals surface area contributed by atoms with Gasteiger partial charge in [0.25, 0.3) is 0 Å². The summed E-state index contributed by atoms with van der Waals surface area (Å²) in [4.78, 5) is 61.2. The summed E-state index contributed by atoms with van der Waals surface area (Å²) in [5.41, 5.74) is 16.5. The van der Waals surface area contributed by atoms with Gasteiger partial charge in [0.05, 0.1) is 6.04 Å². The Morgan fingerprint density at radius 2 is 1.46 bits per heavy atom. The van der Waals surface area contributed by atoms with Crippen molar-refractivity contribution in [2.75, 3.05) is 6.54 Å². The molecule has 12 heteroatoms. The smallest absolute Gasteiger partial charge is 0.326 e. The van der Waals surface area contributed by atoms with Gasteiger partial charge in [0.2, 0.25) is 23.6 Å². The Bertz CT molecular complexity index is 717. The number of carboxylic acids is 1. The first-order valence-electron chi connectivity index (χ1n) is 12.2. The van der Waals surface area contributed by atoms with Crippen LogP contribution in [0.25, 0.3) is 0 Å². The molecule has 0 aliphatic carbocycles. The quantitative estimate of drug-likeness (QED) is 0.119. The van der Waals surface area contributed by atoms with Crippen molar-refractivity contribution in [3.8, 4) is 0 Å². The van der Waals surface area contributed by atoms with Gasteiger partial charge in [0.15, 0.2) is 0 Å². The Labute approximate surface area is 207 Å². The summed E-state index contributed by atoms with van der Waals surface area (Å²) in [5.74, 6) is -4.01. The number of carboxylic acid groups (broad SMARTS) is 1. The average molecular weight is 501 g/mol. The van der Waals surface area contributed by atoms with Crippen LogP contribution in [0.15, 0.2) is 0 Å². The lowest BCUT2D eigenvalue weighted by atomic mass is 9.96. The molecular weight excluding hydrogens is 456 g/mol. The van der Waals surface area contributed by atoms with Crippen LogP contribution in [0.4, 0.5) is 0 Å². The van der Waals surface area contributed by atoms with E-state index in [4.69, 9.17) is 17.2 Å². The standard InChI is InChI=1S/C23H44N6O6/c1-5-14(4)19(22(33)27-16(23(34)35)9-10-18(26)30)29-21(32)17(12-13(2)3)28-20(31)15(25)8-6-7-11-24/h13-17,19H,5-12,24-25H2,1-4H3,(H2,26,30)(H,27,33)(H,28,31)(H,29,32)(H,34,35). The minimum Gasteiger partial charge on any atom is -0.480 e. The first-order chi connectivity index (χ1) is 16.3. The summed E-state index contributed by atoms with van der Waals surface area (Å²) in [7, 11) is 0. The highest BCUT2D eigenvalue weighted by Gasteiger charge is 2.33. The largest absolute Gasteiger partial charge is 0.480 e. The molecule has 0 aromatic carbocycles. The van der Waals surface area contributed by atoms with Gasteiger partial charge in [-0.05, 0) is 44.1 Å². The third-order valence-corrected chi connectivity index (χ3v) is 5.73. The molecule has 0 heterocycles. The molecule has 0 fully saturated rings. The van der Waals surface area contributed by atoms with E-state index >= 15 is 0 Å². The van der Waals surface area contributed by atoms with E-state index in [0.717, 1.165) is 6.42 Å². The summed E-state index contributed by atoms with van der Waals surface area (Å²) in [6.45, 7) is 7.85. The molecule has 0 saturated heterocycles. The molecule has 4 amide bonds. The van der Waals surface area contributed by atoms with Gasteiger partial charge in [-0.3, -0.25) is 19.2 Å². The van der Waals surface area contributed by atoms with Crippen molar-refractivity contribution in [1.29, 1.82) is 0 Å². The van der Waals surface area contributed by atoms with Gasteiger partial charge in [-0.25, -0.2) is 4.79 Å². The summed E-state index contributed by atoms with van der Waals surface area (Å²) in [6.07, 6.45) is 2.29. The molecule has 202 valence electrons. The predicted molar refractivity (Wildman–Crippen MR) is 132 cm³/mol. The molecule has 12 nitrogen and oxygen atoms in total. The topological polar surface area (TPSA) is 220 Å². The van der Waals surface area contributed by atoms with E-state index < -0.39 is 53.8 Å². The molecular formula is C23H44N6O6. The van der Waals surface area contributed by atoms with Gasteiger partial charge < -0.3 is 38.3 Å². The number of amides is 4. The fraction of sp³-hybridized carbons (Fsp3) is 0.783. The van der Waals surface area contributed by atoms with Crippen molar-refractivity contribution in [2.45, 2.75) is 96.8 Å². The predicted octanol–water partition coefficient (Wildman–Crippen LogP) is -0.661. The molecule has 0 aliphatic heterocycles. The molecule has 0 aromatic rings. The number of unbranched alkanes of at least 4 members (excludes halogenated alkanes) is 1. The number of nitrogens with two attached hydrogens (primary N) is 3. The van der Waals surface area contributed by atoms with Gasteiger partial charge in [0.1, 0.15) is 18.1 Å². The number of carbonyl (C=O) groups excluding carboxylic acids is 4. The van der Waals surface area contributed by atoms with E-state index in [1.807, 2.05) is 20.8 Å². The fourth-order valence-electron chi connectivity index (χ4n) is 3.38. The van der Waals surface area contributed by atoms with Gasteiger partial charge in [-0.1, -0.05) is 40.5 Å². The summed E-state index contributed by atoms with van der Waals surface area (Å²) in [6, 6.07) is -4.10. The number of nitrogens with one attached hydrogen (secondary N) is 3. The molecule has 0 rings (SSSR count). The normalized spacial score (nSPS) is 15.4. The van der Waals surface area contributed by atoms with Crippen LogP contribution in [0.5, 0.6) is 0 Å². The molecule has 0 spiro atoms. The highest BCUT2D eigenvalue weighted by molar-refractivity contribution is 5.94. The van der Waals surface area contributed by atoms with E-state index in [9.17, 15) is 29.1 Å². The van der Waals surface area contributed by atoms with Crippen molar-refractivity contribution in [2.24, 2.45) is 29.0 Å². The lowest BCUT2D eigenvalue weighted by Crippen LogP contribution is -2.58. The van der Waals surface area contributed by atoms with Crippen LogP contribution >= 0.6 is 0 Å². The zero-order valence-electron chi connectivity index (χ0n) is 21.3. The SMILES string of the molecule is CCC(C)C(NC(=O)C(CC(C)C)NC(=O)C(N)CCCCN)C(=O)NC(CCC(N)=O)C(=O)O. The Balaban J connectivity index is 5.48. The maximum atomic E-state index is 13.1. The number of rotatable bonds is 18. The minimum atomic E-state index is -1.34. The third-order valence-electron chi connectivity index (χ3n) is 5.73. The molecule has 10 N–H and O–H groups in total. The number of hydrogen-bond donors (Lipinski definition) is 7. The van der Waals surface area contributed by atoms with Crippen molar-refractivity contribution in [3.63, 3.8) is 0 Å². The Morgan fingerprint density at radius 1 is 0.857 bits per heavy atom. The van der Waals surface area contributed by atoms with Gasteiger partial charge in [-0.15, -0.1) is 0 Å². The Hall–Kier alpha value is -2.73. The molecule has 5 unspecified atom stereocenters. The zero-order chi connectivity index (χ0) is 27.1. The molecule has 0 aliphatic rings. The van der Waals surface area contributed by atoms with Crippen molar-refractivity contribution in [1.82, 2.24) is 16.0 Å². The van der Waals surface area contributed by atoms with Crippen molar-refractivity contribution in [3.05, 3.63) is 0 Å². The van der Waals surface area contributed by atoms with Crippen molar-refractivity contribution < 1.29 is 29.1 Å². The van der Waals surface area contributed by atoms with Crippen LogP contribution in [0, 0.1) is 11.8 Å². The van der Waals surface area contributed by atoms with Gasteiger partial charge in [0, 0.05) is 6.42 Å². The highest BCUT2D eigenvalue weighted by Crippen LogP contribution is 2.12. The zero-order valence-corrected chi connectivity index (χ0v) is 21.3. The number of primary amides is 1. The molecule has 0 aromatic heterocycles. The van der Waals surface area contributed by atoms with Crippen LogP contribution in [-0.2, 0) is 24.0 Å². The Kier molecular flexibility index (Phi) is 15.5. The lowest BCUT2D eigenvalue weighted by molar-refractivity contribution is -0.143. The molecule has 0 saturated carbocycles. The number of aliphatic carboxylic acids is 1. The van der Waals surface area contributed by atoms with E-state index in [1.54, 1.807) is 6.92 Å². The van der Waals surface area contributed by atoms with Crippen LogP contribution in [-0.4, -0.2) is 65.4 Å².